The van der Waals surface area contributed by atoms with Crippen LogP contribution in [0.15, 0.2) is 0 Å². The highest BCUT2D eigenvalue weighted by molar-refractivity contribution is 5.90. The van der Waals surface area contributed by atoms with Crippen molar-refractivity contribution in [3.8, 4) is 0 Å². The third-order valence-electron chi connectivity index (χ3n) is 3.53. The summed E-state index contributed by atoms with van der Waals surface area (Å²) in [6, 6.07) is -0.547. The van der Waals surface area contributed by atoms with Crippen LogP contribution in [0.25, 0.3) is 0 Å². The van der Waals surface area contributed by atoms with Crippen LogP contribution in [0.4, 0.5) is 0 Å². The number of hydrogen-bond donors (Lipinski definition) is 3. The summed E-state index contributed by atoms with van der Waals surface area (Å²) in [6.07, 6.45) is 6.18. The monoisotopic (exact) mass is 256 g/mol. The third kappa shape index (κ3) is 4.74. The molecule has 5 nitrogen and oxygen atoms in total. The van der Waals surface area contributed by atoms with Crippen molar-refractivity contribution in [3.05, 3.63) is 0 Å². The minimum absolute atomic E-state index is 0.0351. The summed E-state index contributed by atoms with van der Waals surface area (Å²) in [4.78, 5) is 23.5. The summed E-state index contributed by atoms with van der Waals surface area (Å²) in [5.74, 6) is -0.293. The maximum absolute atomic E-state index is 11.9. The number of nitrogens with two attached hydrogens (primary N) is 1. The Hall–Kier alpha value is -0.940. The number of nitrogens with one attached hydrogen (secondary N) is 1. The molecule has 0 heterocycles. The smallest absolute Gasteiger partial charge is 0.223 e. The molecular weight excluding hydrogens is 232 g/mol. The maximum atomic E-state index is 11.9. The molecule has 104 valence electrons. The van der Waals surface area contributed by atoms with E-state index in [2.05, 4.69) is 5.32 Å². The number of carbonyl (C=O) groups is 2. The topological polar surface area (TPSA) is 92.4 Å². The van der Waals surface area contributed by atoms with Gasteiger partial charge in [-0.2, -0.15) is 0 Å². The molecule has 0 aromatic heterocycles. The van der Waals surface area contributed by atoms with Crippen LogP contribution in [-0.2, 0) is 9.59 Å². The molecule has 0 radical (unpaired) electrons. The average Bonchev–Trinajstić information content (AvgIpc) is 2.90. The molecule has 0 aromatic rings. The minimum Gasteiger partial charge on any atom is -0.389 e. The van der Waals surface area contributed by atoms with E-state index < -0.39 is 12.6 Å². The van der Waals surface area contributed by atoms with Crippen molar-refractivity contribution >= 4 is 11.7 Å². The van der Waals surface area contributed by atoms with Crippen molar-refractivity contribution in [3.63, 3.8) is 0 Å². The molecule has 1 amide bonds. The molecule has 0 aliphatic heterocycles. The second-order valence-corrected chi connectivity index (χ2v) is 4.95. The molecule has 0 unspecified atom stereocenters. The summed E-state index contributed by atoms with van der Waals surface area (Å²) in [5, 5.41) is 11.7. The lowest BCUT2D eigenvalue weighted by Crippen LogP contribution is -2.44. The molecule has 1 atom stereocenters. The number of carbonyl (C=O) groups excluding carboxylic acids is 2. The van der Waals surface area contributed by atoms with Crippen molar-refractivity contribution < 1.29 is 14.7 Å². The molecule has 4 N–H and O–H groups in total. The van der Waals surface area contributed by atoms with Crippen LogP contribution in [0.1, 0.15) is 44.9 Å². The lowest BCUT2D eigenvalue weighted by atomic mass is 10.0. The summed E-state index contributed by atoms with van der Waals surface area (Å²) in [5.41, 5.74) is 5.40. The van der Waals surface area contributed by atoms with Gasteiger partial charge in [-0.25, -0.2) is 0 Å². The van der Waals surface area contributed by atoms with E-state index in [0.717, 1.165) is 38.5 Å². The third-order valence-corrected chi connectivity index (χ3v) is 3.53. The lowest BCUT2D eigenvalue weighted by molar-refractivity contribution is -0.131. The van der Waals surface area contributed by atoms with E-state index in [1.807, 2.05) is 0 Å². The summed E-state index contributed by atoms with van der Waals surface area (Å²) >= 11 is 0. The number of unbranched alkanes of at least 4 members (excludes halogenated alkanes) is 1. The first-order valence-corrected chi connectivity index (χ1v) is 6.83. The average molecular weight is 256 g/mol. The van der Waals surface area contributed by atoms with Gasteiger partial charge in [0.1, 0.15) is 6.61 Å². The highest BCUT2D eigenvalue weighted by atomic mass is 16.3. The second-order valence-electron chi connectivity index (χ2n) is 4.95. The number of rotatable bonds is 8. The molecule has 1 rings (SSSR count). The van der Waals surface area contributed by atoms with Crippen molar-refractivity contribution in [2.45, 2.75) is 51.0 Å². The number of aliphatic hydroxyl groups is 1. The lowest BCUT2D eigenvalue weighted by Gasteiger charge is -2.19. The van der Waals surface area contributed by atoms with Gasteiger partial charge in [-0.05, 0) is 38.6 Å². The zero-order valence-electron chi connectivity index (χ0n) is 10.9. The van der Waals surface area contributed by atoms with Gasteiger partial charge in [-0.15, -0.1) is 0 Å². The maximum Gasteiger partial charge on any atom is 0.223 e. The molecule has 1 aliphatic rings. The van der Waals surface area contributed by atoms with Crippen LogP contribution in [0.2, 0.25) is 0 Å². The standard InChI is InChI=1S/C13H24N2O3/c14-8-4-3-7-11(12(17)9-16)15-13(18)10-5-1-2-6-10/h10-11,16H,1-9,14H2,(H,15,18)/t11-/m0/s1. The van der Waals surface area contributed by atoms with Crippen LogP contribution >= 0.6 is 0 Å². The highest BCUT2D eigenvalue weighted by Gasteiger charge is 2.26. The highest BCUT2D eigenvalue weighted by Crippen LogP contribution is 2.24. The summed E-state index contributed by atoms with van der Waals surface area (Å²) in [6.45, 7) is 0.0643. The molecule has 0 saturated heterocycles. The predicted molar refractivity (Wildman–Crippen MR) is 68.9 cm³/mol. The number of ketones is 1. The Balaban J connectivity index is 2.43. The van der Waals surface area contributed by atoms with E-state index >= 15 is 0 Å². The Morgan fingerprint density at radius 2 is 1.94 bits per heavy atom. The van der Waals surface area contributed by atoms with Crippen LogP contribution < -0.4 is 11.1 Å². The Kier molecular flexibility index (Phi) is 6.90. The van der Waals surface area contributed by atoms with E-state index in [0.29, 0.717) is 13.0 Å². The van der Waals surface area contributed by atoms with Gasteiger partial charge in [0.2, 0.25) is 5.91 Å². The molecule has 0 aromatic carbocycles. The van der Waals surface area contributed by atoms with Gasteiger partial charge in [0.25, 0.3) is 0 Å². The normalized spacial score (nSPS) is 17.7. The number of aliphatic hydroxyl groups excluding tert-OH is 1. The number of hydrogen-bond acceptors (Lipinski definition) is 4. The summed E-state index contributed by atoms with van der Waals surface area (Å²) < 4.78 is 0. The van der Waals surface area contributed by atoms with Gasteiger partial charge in [-0.1, -0.05) is 12.8 Å². The zero-order valence-corrected chi connectivity index (χ0v) is 10.9. The van der Waals surface area contributed by atoms with Gasteiger partial charge < -0.3 is 16.2 Å². The van der Waals surface area contributed by atoms with Gasteiger partial charge >= 0.3 is 0 Å². The first kappa shape index (κ1) is 15.1. The molecule has 0 bridgehead atoms. The molecule has 18 heavy (non-hydrogen) atoms. The van der Waals surface area contributed by atoms with Crippen LogP contribution in [-0.4, -0.2) is 36.0 Å². The Morgan fingerprint density at radius 1 is 1.28 bits per heavy atom. The van der Waals surface area contributed by atoms with E-state index in [1.165, 1.54) is 0 Å². The van der Waals surface area contributed by atoms with E-state index in [4.69, 9.17) is 10.8 Å². The Morgan fingerprint density at radius 3 is 2.50 bits per heavy atom. The number of Topliss-reactive ketones (excluding diaryl/α,β-unsaturated/α-hetero) is 1. The zero-order chi connectivity index (χ0) is 13.4. The molecule has 5 heteroatoms. The van der Waals surface area contributed by atoms with E-state index in [-0.39, 0.29) is 17.6 Å². The van der Waals surface area contributed by atoms with Crippen LogP contribution in [0.5, 0.6) is 0 Å². The Bertz CT molecular complexity index is 275. The number of amides is 1. The fourth-order valence-corrected chi connectivity index (χ4v) is 2.39. The minimum atomic E-state index is -0.547. The van der Waals surface area contributed by atoms with E-state index in [1.54, 1.807) is 0 Å². The molecule has 0 spiro atoms. The molecule has 1 aliphatic carbocycles. The quantitative estimate of drug-likeness (QED) is 0.546. The first-order valence-electron chi connectivity index (χ1n) is 6.83. The largest absolute Gasteiger partial charge is 0.389 e. The SMILES string of the molecule is NCCCC[C@H](NC(=O)C1CCCC1)C(=O)CO. The van der Waals surface area contributed by atoms with Gasteiger partial charge in [0.15, 0.2) is 5.78 Å². The van der Waals surface area contributed by atoms with Crippen molar-refractivity contribution in [1.82, 2.24) is 5.32 Å². The predicted octanol–water partition coefficient (Wildman–Crippen LogP) is 0.352. The van der Waals surface area contributed by atoms with Crippen LogP contribution in [0.3, 0.4) is 0 Å². The van der Waals surface area contributed by atoms with Crippen LogP contribution in [0, 0.1) is 5.92 Å². The van der Waals surface area contributed by atoms with Gasteiger partial charge in [0, 0.05) is 5.92 Å². The van der Waals surface area contributed by atoms with Gasteiger partial charge in [0.05, 0.1) is 6.04 Å². The molecule has 1 saturated carbocycles. The fraction of sp³-hybridized carbons (Fsp3) is 0.846. The van der Waals surface area contributed by atoms with Crippen molar-refractivity contribution in [1.29, 1.82) is 0 Å². The molecule has 1 fully saturated rings. The first-order chi connectivity index (χ1) is 8.69. The molecular formula is C13H24N2O3. The fourth-order valence-electron chi connectivity index (χ4n) is 2.39. The van der Waals surface area contributed by atoms with Gasteiger partial charge in [-0.3, -0.25) is 9.59 Å². The van der Waals surface area contributed by atoms with Crippen molar-refractivity contribution in [2.24, 2.45) is 11.7 Å². The van der Waals surface area contributed by atoms with Crippen molar-refractivity contribution in [2.75, 3.05) is 13.2 Å². The summed E-state index contributed by atoms with van der Waals surface area (Å²) in [7, 11) is 0. The Labute approximate surface area is 108 Å². The van der Waals surface area contributed by atoms with E-state index in [9.17, 15) is 9.59 Å². The second kappa shape index (κ2) is 8.21.